The number of rotatable bonds is 3. The second-order valence-corrected chi connectivity index (χ2v) is 5.43. The molecule has 20 heavy (non-hydrogen) atoms. The van der Waals surface area contributed by atoms with E-state index in [1.807, 2.05) is 36.4 Å². The predicted octanol–water partition coefficient (Wildman–Crippen LogP) is 5.09. The summed E-state index contributed by atoms with van der Waals surface area (Å²) in [6.07, 6.45) is 3.02. The molecular weight excluding hydrogens is 270 g/mol. The summed E-state index contributed by atoms with van der Waals surface area (Å²) >= 11 is 6.28. The Morgan fingerprint density at radius 1 is 1.15 bits per heavy atom. The molecule has 1 N–H and O–H groups in total. The third-order valence-corrected chi connectivity index (χ3v) is 4.03. The zero-order valence-corrected chi connectivity index (χ0v) is 12.1. The molecule has 0 bridgehead atoms. The lowest BCUT2D eigenvalue weighted by atomic mass is 10.0. The van der Waals surface area contributed by atoms with Gasteiger partial charge in [0.05, 0.1) is 16.1 Å². The summed E-state index contributed by atoms with van der Waals surface area (Å²) in [5.41, 5.74) is 2.71. The number of aryl methyl sites for hydroxylation is 1. The van der Waals surface area contributed by atoms with Crippen LogP contribution in [0.2, 0.25) is 5.02 Å². The molecule has 0 aliphatic heterocycles. The number of fused-ring (bicyclic) bond motifs is 2. The average Bonchev–Trinajstić information content (AvgIpc) is 2.48. The summed E-state index contributed by atoms with van der Waals surface area (Å²) in [6, 6.07) is 11.8. The number of halogens is 1. The molecule has 1 heterocycles. The molecule has 0 atom stereocenters. The van der Waals surface area contributed by atoms with Gasteiger partial charge in [-0.15, -0.1) is 0 Å². The monoisotopic (exact) mass is 285 g/mol. The van der Waals surface area contributed by atoms with Crippen LogP contribution in [0.5, 0.6) is 5.75 Å². The van der Waals surface area contributed by atoms with Gasteiger partial charge in [0, 0.05) is 10.8 Å². The highest BCUT2D eigenvalue weighted by atomic mass is 35.5. The van der Waals surface area contributed by atoms with E-state index in [9.17, 15) is 5.11 Å². The van der Waals surface area contributed by atoms with Gasteiger partial charge in [-0.25, -0.2) is 4.98 Å². The van der Waals surface area contributed by atoms with Crippen LogP contribution >= 0.6 is 11.6 Å². The quantitative estimate of drug-likeness (QED) is 0.680. The van der Waals surface area contributed by atoms with E-state index in [-0.39, 0.29) is 5.75 Å². The van der Waals surface area contributed by atoms with Crippen molar-refractivity contribution in [3.8, 4) is 5.75 Å². The molecule has 102 valence electrons. The Morgan fingerprint density at radius 2 is 1.95 bits per heavy atom. The van der Waals surface area contributed by atoms with Crippen molar-refractivity contribution in [1.82, 2.24) is 4.98 Å². The van der Waals surface area contributed by atoms with E-state index >= 15 is 0 Å². The van der Waals surface area contributed by atoms with Crippen LogP contribution in [0.4, 0.5) is 0 Å². The van der Waals surface area contributed by atoms with Gasteiger partial charge in [-0.3, -0.25) is 0 Å². The van der Waals surface area contributed by atoms with E-state index in [4.69, 9.17) is 11.6 Å². The molecule has 2 nitrogen and oxygen atoms in total. The van der Waals surface area contributed by atoms with Crippen molar-refractivity contribution in [2.24, 2.45) is 0 Å². The van der Waals surface area contributed by atoms with Gasteiger partial charge in [0.1, 0.15) is 5.75 Å². The first-order valence-corrected chi connectivity index (χ1v) is 7.28. The van der Waals surface area contributed by atoms with Gasteiger partial charge in [-0.05, 0) is 36.6 Å². The van der Waals surface area contributed by atoms with Crippen molar-refractivity contribution in [3.63, 3.8) is 0 Å². The molecule has 0 saturated heterocycles. The molecule has 0 spiro atoms. The smallest absolute Gasteiger partial charge is 0.143 e. The fourth-order valence-electron chi connectivity index (χ4n) is 2.48. The van der Waals surface area contributed by atoms with Crippen molar-refractivity contribution in [2.45, 2.75) is 26.2 Å². The van der Waals surface area contributed by atoms with Crippen LogP contribution in [0.3, 0.4) is 0 Å². The van der Waals surface area contributed by atoms with E-state index in [1.54, 1.807) is 0 Å². The second kappa shape index (κ2) is 5.29. The van der Waals surface area contributed by atoms with Crippen molar-refractivity contribution in [3.05, 3.63) is 47.0 Å². The third-order valence-electron chi connectivity index (χ3n) is 3.61. The minimum Gasteiger partial charge on any atom is -0.506 e. The highest BCUT2D eigenvalue weighted by Gasteiger charge is 2.12. The van der Waals surface area contributed by atoms with E-state index < -0.39 is 0 Å². The topological polar surface area (TPSA) is 33.1 Å². The summed E-state index contributed by atoms with van der Waals surface area (Å²) in [5, 5.41) is 12.5. The van der Waals surface area contributed by atoms with Crippen LogP contribution in [0.15, 0.2) is 36.4 Å². The van der Waals surface area contributed by atoms with Gasteiger partial charge in [0.15, 0.2) is 0 Å². The van der Waals surface area contributed by atoms with Gasteiger partial charge in [0.25, 0.3) is 0 Å². The second-order valence-electron chi connectivity index (χ2n) is 5.05. The zero-order valence-electron chi connectivity index (χ0n) is 11.4. The first kappa shape index (κ1) is 13.2. The molecule has 0 saturated carbocycles. The van der Waals surface area contributed by atoms with Crippen LogP contribution in [0.1, 0.15) is 25.3 Å². The Balaban J connectivity index is 2.26. The average molecular weight is 286 g/mol. The van der Waals surface area contributed by atoms with E-state index in [2.05, 4.69) is 11.9 Å². The summed E-state index contributed by atoms with van der Waals surface area (Å²) in [5.74, 6) is 0.147. The number of hydrogen-bond acceptors (Lipinski definition) is 2. The van der Waals surface area contributed by atoms with Gasteiger partial charge >= 0.3 is 0 Å². The van der Waals surface area contributed by atoms with Gasteiger partial charge in [0.2, 0.25) is 0 Å². The molecule has 3 rings (SSSR count). The van der Waals surface area contributed by atoms with Crippen LogP contribution in [0.25, 0.3) is 21.8 Å². The van der Waals surface area contributed by atoms with Crippen molar-refractivity contribution < 1.29 is 5.11 Å². The number of aromatic hydroxyl groups is 1. The Labute approximate surface area is 123 Å². The Kier molecular flexibility index (Phi) is 3.49. The van der Waals surface area contributed by atoms with Crippen LogP contribution in [0, 0.1) is 0 Å². The molecule has 2 aromatic carbocycles. The number of phenolic OH excluding ortho intramolecular Hbond substituents is 1. The lowest BCUT2D eigenvalue weighted by molar-refractivity contribution is 0.481. The Bertz CT molecular complexity index is 783. The number of unbranched alkanes of at least 4 members (excludes halogenated alkanes) is 1. The molecule has 3 heteroatoms. The van der Waals surface area contributed by atoms with E-state index in [1.165, 1.54) is 0 Å². The first-order valence-electron chi connectivity index (χ1n) is 6.90. The number of pyridine rings is 1. The molecule has 0 amide bonds. The Morgan fingerprint density at radius 3 is 2.75 bits per heavy atom. The summed E-state index contributed by atoms with van der Waals surface area (Å²) in [4.78, 5) is 4.63. The van der Waals surface area contributed by atoms with Gasteiger partial charge in [-0.2, -0.15) is 0 Å². The molecule has 0 fully saturated rings. The van der Waals surface area contributed by atoms with Crippen LogP contribution in [-0.4, -0.2) is 10.1 Å². The molecule has 0 aliphatic carbocycles. The van der Waals surface area contributed by atoms with Crippen LogP contribution in [-0.2, 0) is 6.42 Å². The molecule has 0 unspecified atom stereocenters. The zero-order chi connectivity index (χ0) is 14.1. The van der Waals surface area contributed by atoms with Crippen molar-refractivity contribution in [2.75, 3.05) is 0 Å². The maximum atomic E-state index is 10.3. The summed E-state index contributed by atoms with van der Waals surface area (Å²) in [6.45, 7) is 2.14. The number of phenols is 1. The maximum Gasteiger partial charge on any atom is 0.143 e. The largest absolute Gasteiger partial charge is 0.506 e. The van der Waals surface area contributed by atoms with E-state index in [0.29, 0.717) is 10.4 Å². The number of benzene rings is 2. The SMILES string of the molecule is CCCCc1cc2nc3ccccc3cc2c(O)c1Cl. The lowest BCUT2D eigenvalue weighted by Gasteiger charge is -2.10. The molecule has 0 radical (unpaired) electrons. The van der Waals surface area contributed by atoms with Gasteiger partial charge < -0.3 is 5.11 Å². The minimum absolute atomic E-state index is 0.147. The highest BCUT2D eigenvalue weighted by molar-refractivity contribution is 6.34. The normalized spacial score (nSPS) is 11.3. The first-order chi connectivity index (χ1) is 9.70. The standard InChI is InChI=1S/C17H16ClNO/c1-2-3-6-12-10-15-13(17(20)16(12)18)9-11-7-4-5-8-14(11)19-15/h4-5,7-10,20H,2-3,6H2,1H3. The molecule has 1 aromatic heterocycles. The molecular formula is C17H16ClNO. The maximum absolute atomic E-state index is 10.3. The summed E-state index contributed by atoms with van der Waals surface area (Å²) in [7, 11) is 0. The van der Waals surface area contributed by atoms with Crippen molar-refractivity contribution in [1.29, 1.82) is 0 Å². The third kappa shape index (κ3) is 2.20. The fourth-order valence-corrected chi connectivity index (χ4v) is 2.73. The minimum atomic E-state index is 0.147. The lowest BCUT2D eigenvalue weighted by Crippen LogP contribution is -1.91. The summed E-state index contributed by atoms with van der Waals surface area (Å²) < 4.78 is 0. The van der Waals surface area contributed by atoms with Crippen molar-refractivity contribution >= 4 is 33.4 Å². The number of aromatic nitrogens is 1. The molecule has 0 aliphatic rings. The predicted molar refractivity (Wildman–Crippen MR) is 84.5 cm³/mol. The fraction of sp³-hybridized carbons (Fsp3) is 0.235. The number of hydrogen-bond donors (Lipinski definition) is 1. The Hall–Kier alpha value is -1.80. The highest BCUT2D eigenvalue weighted by Crippen LogP contribution is 2.36. The number of nitrogens with zero attached hydrogens (tertiary/aromatic N) is 1. The van der Waals surface area contributed by atoms with E-state index in [0.717, 1.165) is 41.2 Å². The molecule has 3 aromatic rings. The van der Waals surface area contributed by atoms with Gasteiger partial charge in [-0.1, -0.05) is 43.1 Å². The number of para-hydroxylation sites is 1. The van der Waals surface area contributed by atoms with Crippen LogP contribution < -0.4 is 0 Å².